The van der Waals surface area contributed by atoms with E-state index >= 15 is 0 Å². The number of fused-ring (bicyclic) bond motifs is 1. The van der Waals surface area contributed by atoms with Crippen LogP contribution >= 0.6 is 11.3 Å². The first-order valence-corrected chi connectivity index (χ1v) is 5.43. The van der Waals surface area contributed by atoms with Gasteiger partial charge in [0.2, 0.25) is 0 Å². The Morgan fingerprint density at radius 1 is 1.50 bits per heavy atom. The molecule has 0 amide bonds. The van der Waals surface area contributed by atoms with Gasteiger partial charge in [-0.3, -0.25) is 0 Å². The van der Waals surface area contributed by atoms with Gasteiger partial charge in [-0.1, -0.05) is 12.7 Å². The van der Waals surface area contributed by atoms with E-state index in [1.807, 2.05) is 6.07 Å². The van der Waals surface area contributed by atoms with E-state index in [-0.39, 0.29) is 5.82 Å². The summed E-state index contributed by atoms with van der Waals surface area (Å²) >= 11 is 1.25. The first kappa shape index (κ1) is 10.7. The molecule has 4 heteroatoms. The second-order valence-corrected chi connectivity index (χ2v) is 4.22. The molecule has 80 valence electrons. The summed E-state index contributed by atoms with van der Waals surface area (Å²) in [5, 5.41) is 9.55. The van der Waals surface area contributed by atoms with Crippen molar-refractivity contribution in [1.82, 2.24) is 0 Å². The van der Waals surface area contributed by atoms with E-state index in [1.165, 1.54) is 23.5 Å². The Morgan fingerprint density at radius 2 is 2.31 bits per heavy atom. The first-order valence-electron chi connectivity index (χ1n) is 4.61. The predicted molar refractivity (Wildman–Crippen MR) is 62.2 cm³/mol. The summed E-state index contributed by atoms with van der Waals surface area (Å²) < 4.78 is 19.3. The number of hydrogen-bond acceptors (Lipinski definition) is 3. The van der Waals surface area contributed by atoms with E-state index in [0.29, 0.717) is 17.2 Å². The zero-order valence-corrected chi connectivity index (χ0v) is 9.18. The van der Waals surface area contributed by atoms with Gasteiger partial charge < -0.3 is 4.74 Å². The van der Waals surface area contributed by atoms with Crippen molar-refractivity contribution in [3.05, 3.63) is 41.5 Å². The van der Waals surface area contributed by atoms with Gasteiger partial charge in [-0.05, 0) is 12.1 Å². The largest absolute Gasteiger partial charge is 0.489 e. The van der Waals surface area contributed by atoms with Gasteiger partial charge in [0.1, 0.15) is 29.1 Å². The Morgan fingerprint density at radius 3 is 3.00 bits per heavy atom. The molecule has 0 bridgehead atoms. The van der Waals surface area contributed by atoms with Crippen LogP contribution in [0.25, 0.3) is 10.1 Å². The number of ether oxygens (including phenoxy) is 1. The topological polar surface area (TPSA) is 33.0 Å². The van der Waals surface area contributed by atoms with Gasteiger partial charge in [-0.25, -0.2) is 4.39 Å². The monoisotopic (exact) mass is 233 g/mol. The Labute approximate surface area is 96.2 Å². The van der Waals surface area contributed by atoms with Crippen molar-refractivity contribution in [3.8, 4) is 11.8 Å². The van der Waals surface area contributed by atoms with Crippen molar-refractivity contribution in [3.63, 3.8) is 0 Å². The number of hydrogen-bond donors (Lipinski definition) is 0. The van der Waals surface area contributed by atoms with E-state index in [1.54, 1.807) is 12.1 Å². The molecular formula is C12H8FNOS. The van der Waals surface area contributed by atoms with Crippen LogP contribution in [0.1, 0.15) is 4.88 Å². The number of nitrogens with zero attached hydrogens (tertiary/aromatic N) is 1. The van der Waals surface area contributed by atoms with Gasteiger partial charge in [0.05, 0.1) is 0 Å². The molecule has 0 N–H and O–H groups in total. The molecule has 0 radical (unpaired) electrons. The molecule has 0 saturated heterocycles. The first-order chi connectivity index (χ1) is 7.74. The Bertz CT molecular complexity index is 582. The Balaban J connectivity index is 2.57. The minimum atomic E-state index is -0.363. The van der Waals surface area contributed by atoms with Gasteiger partial charge in [0.25, 0.3) is 0 Å². The summed E-state index contributed by atoms with van der Waals surface area (Å²) in [6, 6.07) is 6.47. The number of nitriles is 1. The fourth-order valence-corrected chi connectivity index (χ4v) is 2.30. The van der Waals surface area contributed by atoms with Crippen LogP contribution in [0.3, 0.4) is 0 Å². The summed E-state index contributed by atoms with van der Waals surface area (Å²) in [6.45, 7) is 3.85. The maximum atomic E-state index is 13.3. The zero-order valence-electron chi connectivity index (χ0n) is 8.37. The average molecular weight is 233 g/mol. The normalized spacial score (nSPS) is 10.0. The smallest absolute Gasteiger partial charge is 0.131 e. The van der Waals surface area contributed by atoms with Crippen molar-refractivity contribution in [2.75, 3.05) is 6.61 Å². The standard InChI is InChI=1S/C12H8FNOS/c1-2-3-15-11-4-8(13)5-12-10(11)6-9(7-14)16-12/h2,4-6H,1,3H2. The van der Waals surface area contributed by atoms with E-state index in [4.69, 9.17) is 10.00 Å². The summed E-state index contributed by atoms with van der Waals surface area (Å²) in [5.74, 6) is 0.0885. The minimum Gasteiger partial charge on any atom is -0.489 e. The van der Waals surface area contributed by atoms with Gasteiger partial charge in [-0.2, -0.15) is 5.26 Å². The third-order valence-corrected chi connectivity index (χ3v) is 3.02. The Hall–Kier alpha value is -1.86. The van der Waals surface area contributed by atoms with Crippen LogP contribution in [-0.2, 0) is 0 Å². The van der Waals surface area contributed by atoms with Crippen LogP contribution in [0.15, 0.2) is 30.9 Å². The Kier molecular flexibility index (Phi) is 2.88. The van der Waals surface area contributed by atoms with Crippen LogP contribution in [0.5, 0.6) is 5.75 Å². The molecule has 0 unspecified atom stereocenters. The quantitative estimate of drug-likeness (QED) is 0.760. The summed E-state index contributed by atoms with van der Waals surface area (Å²) in [7, 11) is 0. The minimum absolute atomic E-state index is 0.316. The lowest BCUT2D eigenvalue weighted by molar-refractivity contribution is 0.365. The molecule has 2 aromatic rings. The lowest BCUT2D eigenvalue weighted by Crippen LogP contribution is -1.93. The van der Waals surface area contributed by atoms with Gasteiger partial charge in [-0.15, -0.1) is 11.3 Å². The lowest BCUT2D eigenvalue weighted by Gasteiger charge is -2.04. The molecule has 0 aliphatic rings. The van der Waals surface area contributed by atoms with E-state index < -0.39 is 0 Å². The molecule has 0 saturated carbocycles. The van der Waals surface area contributed by atoms with Crippen LogP contribution in [0, 0.1) is 17.1 Å². The maximum Gasteiger partial charge on any atom is 0.131 e. The molecular weight excluding hydrogens is 225 g/mol. The van der Waals surface area contributed by atoms with E-state index in [2.05, 4.69) is 6.58 Å². The SMILES string of the molecule is C=CCOc1cc(F)cc2sc(C#N)cc12. The fraction of sp³-hybridized carbons (Fsp3) is 0.0833. The molecule has 1 aromatic carbocycles. The third-order valence-electron chi connectivity index (χ3n) is 2.03. The van der Waals surface area contributed by atoms with Crippen LogP contribution in [-0.4, -0.2) is 6.61 Å². The number of halogens is 1. The highest BCUT2D eigenvalue weighted by Gasteiger charge is 2.09. The number of benzene rings is 1. The van der Waals surface area contributed by atoms with Crippen molar-refractivity contribution in [2.45, 2.75) is 0 Å². The summed E-state index contributed by atoms with van der Waals surface area (Å²) in [4.78, 5) is 0.545. The average Bonchev–Trinajstić information content (AvgIpc) is 2.68. The molecule has 1 aromatic heterocycles. The fourth-order valence-electron chi connectivity index (χ4n) is 1.40. The van der Waals surface area contributed by atoms with E-state index in [9.17, 15) is 4.39 Å². The van der Waals surface area contributed by atoms with Gasteiger partial charge in [0.15, 0.2) is 0 Å². The van der Waals surface area contributed by atoms with Crippen molar-refractivity contribution in [2.24, 2.45) is 0 Å². The van der Waals surface area contributed by atoms with Crippen LogP contribution in [0.4, 0.5) is 4.39 Å². The second-order valence-electron chi connectivity index (χ2n) is 3.14. The summed E-state index contributed by atoms with van der Waals surface area (Å²) in [6.07, 6.45) is 1.59. The van der Waals surface area contributed by atoms with Crippen molar-refractivity contribution in [1.29, 1.82) is 5.26 Å². The molecule has 0 atom stereocenters. The highest BCUT2D eigenvalue weighted by molar-refractivity contribution is 7.19. The predicted octanol–water partition coefficient (Wildman–Crippen LogP) is 3.48. The molecule has 0 aliphatic carbocycles. The second kappa shape index (κ2) is 4.33. The van der Waals surface area contributed by atoms with Gasteiger partial charge >= 0.3 is 0 Å². The summed E-state index contributed by atoms with van der Waals surface area (Å²) in [5.41, 5.74) is 0. The molecule has 0 aliphatic heterocycles. The zero-order chi connectivity index (χ0) is 11.5. The van der Waals surface area contributed by atoms with Gasteiger partial charge in [0, 0.05) is 16.2 Å². The lowest BCUT2D eigenvalue weighted by atomic mass is 10.2. The molecule has 16 heavy (non-hydrogen) atoms. The van der Waals surface area contributed by atoms with E-state index in [0.717, 1.165) is 10.1 Å². The van der Waals surface area contributed by atoms with Crippen molar-refractivity contribution < 1.29 is 9.13 Å². The number of thiophene rings is 1. The molecule has 0 fully saturated rings. The van der Waals surface area contributed by atoms with Crippen LogP contribution in [0.2, 0.25) is 0 Å². The molecule has 2 rings (SSSR count). The number of rotatable bonds is 3. The third kappa shape index (κ3) is 1.90. The molecule has 2 nitrogen and oxygen atoms in total. The van der Waals surface area contributed by atoms with Crippen molar-refractivity contribution >= 4 is 21.4 Å². The van der Waals surface area contributed by atoms with Crippen LogP contribution < -0.4 is 4.74 Å². The maximum absolute atomic E-state index is 13.3. The molecule has 0 spiro atoms. The highest BCUT2D eigenvalue weighted by Crippen LogP contribution is 2.33. The highest BCUT2D eigenvalue weighted by atomic mass is 32.1. The molecule has 1 heterocycles.